The summed E-state index contributed by atoms with van der Waals surface area (Å²) in [6, 6.07) is -3.39. The molecule has 0 saturated carbocycles. The maximum Gasteiger partial charge on any atom is 0.244 e. The van der Waals surface area contributed by atoms with Crippen molar-refractivity contribution in [1.29, 1.82) is 0 Å². The molecular formula is C19H35N5O5S. The summed E-state index contributed by atoms with van der Waals surface area (Å²) >= 11 is 4.09. The molecule has 6 N–H and O–H groups in total. The number of carbonyl (C=O) groups is 5. The average Bonchev–Trinajstić information content (AvgIpc) is 2.68. The van der Waals surface area contributed by atoms with E-state index in [-0.39, 0.29) is 17.6 Å². The average molecular weight is 446 g/mol. The van der Waals surface area contributed by atoms with E-state index in [2.05, 4.69) is 33.9 Å². The minimum Gasteiger partial charge on any atom is -0.345 e. The van der Waals surface area contributed by atoms with Crippen molar-refractivity contribution in [3.63, 3.8) is 0 Å². The molecule has 0 aromatic rings. The van der Waals surface area contributed by atoms with E-state index in [1.54, 1.807) is 13.8 Å². The summed E-state index contributed by atoms with van der Waals surface area (Å²) in [6.45, 7) is 6.80. The quantitative estimate of drug-likeness (QED) is 0.113. The summed E-state index contributed by atoms with van der Waals surface area (Å²) < 4.78 is 0. The van der Waals surface area contributed by atoms with Gasteiger partial charge in [-0.1, -0.05) is 13.8 Å². The van der Waals surface area contributed by atoms with Crippen molar-refractivity contribution in [1.82, 2.24) is 21.3 Å². The molecule has 4 amide bonds. The first-order valence-electron chi connectivity index (χ1n) is 10.0. The first-order chi connectivity index (χ1) is 14.1. The molecule has 0 aliphatic carbocycles. The van der Waals surface area contributed by atoms with Gasteiger partial charge in [-0.05, 0) is 38.6 Å². The molecule has 0 heterocycles. The lowest BCUT2D eigenvalue weighted by Gasteiger charge is -2.24. The van der Waals surface area contributed by atoms with Crippen LogP contribution in [-0.2, 0) is 24.0 Å². The topological polar surface area (TPSA) is 159 Å². The second kappa shape index (κ2) is 14.8. The van der Waals surface area contributed by atoms with Crippen LogP contribution < -0.4 is 27.0 Å². The fraction of sp³-hybridized carbons (Fsp3) is 0.737. The molecule has 30 heavy (non-hydrogen) atoms. The molecule has 4 atom stereocenters. The molecule has 0 aliphatic rings. The summed E-state index contributed by atoms with van der Waals surface area (Å²) in [5.41, 5.74) is 5.42. The molecule has 0 spiro atoms. The van der Waals surface area contributed by atoms with Gasteiger partial charge in [-0.3, -0.25) is 19.2 Å². The lowest BCUT2D eigenvalue weighted by Crippen LogP contribution is -2.57. The Bertz CT molecular complexity index is 602. The highest BCUT2D eigenvalue weighted by Crippen LogP contribution is 2.03. The van der Waals surface area contributed by atoms with Crippen molar-refractivity contribution >= 4 is 42.5 Å². The monoisotopic (exact) mass is 445 g/mol. The molecule has 0 radical (unpaired) electrons. The minimum absolute atomic E-state index is 0.00707. The summed E-state index contributed by atoms with van der Waals surface area (Å²) in [6.07, 6.45) is 2.51. The van der Waals surface area contributed by atoms with Crippen molar-refractivity contribution in [3.05, 3.63) is 0 Å². The highest BCUT2D eigenvalue weighted by Gasteiger charge is 2.28. The number of amides is 4. The first-order valence-corrected chi connectivity index (χ1v) is 10.6. The smallest absolute Gasteiger partial charge is 0.244 e. The van der Waals surface area contributed by atoms with Gasteiger partial charge in [-0.15, -0.1) is 0 Å². The maximum absolute atomic E-state index is 12.4. The van der Waals surface area contributed by atoms with E-state index >= 15 is 0 Å². The van der Waals surface area contributed by atoms with Crippen LogP contribution in [0.2, 0.25) is 0 Å². The molecule has 0 aliphatic heterocycles. The van der Waals surface area contributed by atoms with Crippen molar-refractivity contribution in [2.24, 2.45) is 11.7 Å². The zero-order chi connectivity index (χ0) is 23.3. The molecular weight excluding hydrogens is 410 g/mol. The number of hydrogen-bond donors (Lipinski definition) is 6. The van der Waals surface area contributed by atoms with Crippen LogP contribution in [0.1, 0.15) is 47.0 Å². The molecule has 172 valence electrons. The Balaban J connectivity index is 4.84. The van der Waals surface area contributed by atoms with E-state index in [0.29, 0.717) is 25.7 Å². The number of hydrogen-bond acceptors (Lipinski definition) is 7. The van der Waals surface area contributed by atoms with Crippen molar-refractivity contribution in [2.75, 3.05) is 12.3 Å². The van der Waals surface area contributed by atoms with Gasteiger partial charge in [-0.25, -0.2) is 0 Å². The lowest BCUT2D eigenvalue weighted by atomic mass is 10.0. The first kappa shape index (κ1) is 27.9. The van der Waals surface area contributed by atoms with Crippen molar-refractivity contribution in [2.45, 2.75) is 71.1 Å². The Morgan fingerprint density at radius 2 is 1.57 bits per heavy atom. The summed E-state index contributed by atoms with van der Waals surface area (Å²) in [5, 5.41) is 10.2. The molecule has 11 heteroatoms. The number of thiol groups is 1. The molecule has 0 aromatic carbocycles. The summed E-state index contributed by atoms with van der Waals surface area (Å²) in [4.78, 5) is 59.6. The molecule has 10 nitrogen and oxygen atoms in total. The molecule has 0 fully saturated rings. The normalized spacial score (nSPS) is 14.8. The molecule has 0 bridgehead atoms. The van der Waals surface area contributed by atoms with Gasteiger partial charge in [0.05, 0.1) is 6.04 Å². The van der Waals surface area contributed by atoms with Crippen molar-refractivity contribution in [3.8, 4) is 0 Å². The number of rotatable bonds is 14. The Labute approximate surface area is 183 Å². The molecule has 0 saturated heterocycles. The van der Waals surface area contributed by atoms with Crippen LogP contribution in [0, 0.1) is 5.92 Å². The lowest BCUT2D eigenvalue weighted by molar-refractivity contribution is -0.133. The van der Waals surface area contributed by atoms with E-state index in [1.165, 1.54) is 13.8 Å². The zero-order valence-electron chi connectivity index (χ0n) is 18.1. The Morgan fingerprint density at radius 1 is 0.933 bits per heavy atom. The Morgan fingerprint density at radius 3 is 2.03 bits per heavy atom. The van der Waals surface area contributed by atoms with Gasteiger partial charge in [0.2, 0.25) is 23.6 Å². The summed E-state index contributed by atoms with van der Waals surface area (Å²) in [5.74, 6) is -2.17. The van der Waals surface area contributed by atoms with Gasteiger partial charge in [-0.2, -0.15) is 12.6 Å². The van der Waals surface area contributed by atoms with Crippen LogP contribution in [0.25, 0.3) is 0 Å². The molecule has 0 aromatic heterocycles. The molecule has 0 unspecified atom stereocenters. The van der Waals surface area contributed by atoms with Crippen LogP contribution in [0.5, 0.6) is 0 Å². The Hall–Kier alpha value is -2.14. The fourth-order valence-corrected chi connectivity index (χ4v) is 2.84. The maximum atomic E-state index is 12.4. The van der Waals surface area contributed by atoms with E-state index in [0.717, 1.165) is 6.42 Å². The third kappa shape index (κ3) is 10.6. The van der Waals surface area contributed by atoms with Crippen LogP contribution >= 0.6 is 12.6 Å². The minimum atomic E-state index is -0.978. The van der Waals surface area contributed by atoms with Gasteiger partial charge in [0, 0.05) is 12.7 Å². The predicted molar refractivity (Wildman–Crippen MR) is 117 cm³/mol. The van der Waals surface area contributed by atoms with Crippen LogP contribution in [0.4, 0.5) is 0 Å². The van der Waals surface area contributed by atoms with Gasteiger partial charge in [0.1, 0.15) is 24.4 Å². The standard InChI is InChI=1S/C19H35N5O5S/c1-11(2)16(22-13(4)26)19(29)21-12(3)17(27)24-15(10-30)18(28)23-14(9-25)7-5-6-8-20/h9,11-12,14-16,30H,5-8,10,20H2,1-4H3,(H,21,29)(H,22,26)(H,23,28)(H,24,27)/t12-,14-,15-,16-/m0/s1. The second-order valence-electron chi connectivity index (χ2n) is 7.43. The highest BCUT2D eigenvalue weighted by atomic mass is 32.1. The van der Waals surface area contributed by atoms with Crippen molar-refractivity contribution < 1.29 is 24.0 Å². The SMILES string of the molecule is CC(=O)N[C@H](C(=O)N[C@@H](C)C(=O)N[C@@H](CS)C(=O)N[C@H](C=O)CCCCN)C(C)C. The second-order valence-corrected chi connectivity index (χ2v) is 7.80. The highest BCUT2D eigenvalue weighted by molar-refractivity contribution is 7.80. The predicted octanol–water partition coefficient (Wildman–Crippen LogP) is -1.12. The molecule has 0 rings (SSSR count). The van der Waals surface area contributed by atoms with E-state index in [4.69, 9.17) is 5.73 Å². The number of nitrogens with one attached hydrogen (secondary N) is 4. The number of aldehydes is 1. The van der Waals surface area contributed by atoms with Crippen LogP contribution in [-0.4, -0.2) is 66.4 Å². The number of unbranched alkanes of at least 4 members (excludes halogenated alkanes) is 1. The number of carbonyl (C=O) groups excluding carboxylic acids is 5. The van der Waals surface area contributed by atoms with Gasteiger partial charge in [0.15, 0.2) is 0 Å². The fourth-order valence-electron chi connectivity index (χ4n) is 2.58. The van der Waals surface area contributed by atoms with Gasteiger partial charge in [0.25, 0.3) is 0 Å². The Kier molecular flexibility index (Phi) is 13.7. The summed E-state index contributed by atoms with van der Waals surface area (Å²) in [7, 11) is 0. The van der Waals surface area contributed by atoms with E-state index < -0.39 is 41.9 Å². The van der Waals surface area contributed by atoms with Gasteiger partial charge >= 0.3 is 0 Å². The zero-order valence-corrected chi connectivity index (χ0v) is 19.0. The van der Waals surface area contributed by atoms with E-state index in [1.807, 2.05) is 0 Å². The third-order valence-corrected chi connectivity index (χ3v) is 4.70. The third-order valence-electron chi connectivity index (χ3n) is 4.34. The van der Waals surface area contributed by atoms with Gasteiger partial charge < -0.3 is 31.8 Å². The largest absolute Gasteiger partial charge is 0.345 e. The van der Waals surface area contributed by atoms with E-state index in [9.17, 15) is 24.0 Å². The van der Waals surface area contributed by atoms with Crippen LogP contribution in [0.3, 0.4) is 0 Å². The number of nitrogens with two attached hydrogens (primary N) is 1. The van der Waals surface area contributed by atoms with Crippen LogP contribution in [0.15, 0.2) is 0 Å².